The molecule has 0 saturated heterocycles. The third-order valence-corrected chi connectivity index (χ3v) is 2.70. The van der Waals surface area contributed by atoms with Gasteiger partial charge in [-0.05, 0) is 17.7 Å². The number of carboxylic acid groups (broad SMARTS) is 1. The van der Waals surface area contributed by atoms with Gasteiger partial charge >= 0.3 is 5.97 Å². The fraction of sp³-hybridized carbons (Fsp3) is 0.0833. The summed E-state index contributed by atoms with van der Waals surface area (Å²) in [5.74, 6) is -0.410. The monoisotopic (exact) mass is 292 g/mol. The summed E-state index contributed by atoms with van der Waals surface area (Å²) in [7, 11) is 0. The van der Waals surface area contributed by atoms with Crippen LogP contribution >= 0.6 is 15.9 Å². The van der Waals surface area contributed by atoms with Gasteiger partial charge in [-0.1, -0.05) is 28.1 Å². The number of carbonyl (C=O) groups is 1. The molecule has 1 N–H and O–H groups in total. The average molecular weight is 293 g/mol. The van der Waals surface area contributed by atoms with E-state index in [1.165, 1.54) is 12.4 Å². The second-order valence-electron chi connectivity index (χ2n) is 3.50. The van der Waals surface area contributed by atoms with Crippen LogP contribution in [0.2, 0.25) is 0 Å². The van der Waals surface area contributed by atoms with Crippen molar-refractivity contribution in [2.24, 2.45) is 0 Å². The molecule has 0 spiro atoms. The van der Waals surface area contributed by atoms with Gasteiger partial charge in [0.1, 0.15) is 5.82 Å². The lowest BCUT2D eigenvalue weighted by atomic mass is 10.1. The van der Waals surface area contributed by atoms with Crippen LogP contribution in [0.25, 0.3) is 0 Å². The third kappa shape index (κ3) is 3.10. The van der Waals surface area contributed by atoms with Gasteiger partial charge in [-0.3, -0.25) is 0 Å². The molecular weight excluding hydrogens is 284 g/mol. The van der Waals surface area contributed by atoms with Crippen molar-refractivity contribution in [1.29, 1.82) is 0 Å². The molecule has 0 saturated carbocycles. The molecule has 1 heterocycles. The Morgan fingerprint density at radius 1 is 1.29 bits per heavy atom. The van der Waals surface area contributed by atoms with Gasteiger partial charge in [-0.2, -0.15) is 0 Å². The van der Waals surface area contributed by atoms with Crippen molar-refractivity contribution in [3.05, 3.63) is 58.1 Å². The Kier molecular flexibility index (Phi) is 3.49. The van der Waals surface area contributed by atoms with Gasteiger partial charge in [0.15, 0.2) is 0 Å². The molecule has 5 heteroatoms. The summed E-state index contributed by atoms with van der Waals surface area (Å²) in [5.41, 5.74) is 1.17. The van der Waals surface area contributed by atoms with Crippen molar-refractivity contribution in [3.63, 3.8) is 0 Å². The number of carboxylic acids is 1. The zero-order chi connectivity index (χ0) is 12.3. The number of halogens is 1. The van der Waals surface area contributed by atoms with Gasteiger partial charge in [0, 0.05) is 23.3 Å². The number of benzene rings is 1. The first-order valence-electron chi connectivity index (χ1n) is 4.94. The lowest BCUT2D eigenvalue weighted by molar-refractivity contribution is 0.0696. The normalized spacial score (nSPS) is 10.2. The Balaban J connectivity index is 2.16. The minimum Gasteiger partial charge on any atom is -0.478 e. The quantitative estimate of drug-likeness (QED) is 0.944. The molecule has 0 atom stereocenters. The SMILES string of the molecule is O=C(O)c1cnc(Cc2cccc(Br)c2)nc1. The smallest absolute Gasteiger partial charge is 0.338 e. The molecule has 0 aliphatic rings. The van der Waals surface area contributed by atoms with E-state index in [1.54, 1.807) is 0 Å². The molecule has 1 aromatic carbocycles. The molecule has 0 amide bonds. The highest BCUT2D eigenvalue weighted by molar-refractivity contribution is 9.10. The van der Waals surface area contributed by atoms with E-state index in [1.807, 2.05) is 24.3 Å². The van der Waals surface area contributed by atoms with Crippen molar-refractivity contribution >= 4 is 21.9 Å². The first-order chi connectivity index (χ1) is 8.15. The van der Waals surface area contributed by atoms with E-state index in [0.29, 0.717) is 12.2 Å². The van der Waals surface area contributed by atoms with Gasteiger partial charge < -0.3 is 5.11 Å². The second kappa shape index (κ2) is 5.05. The van der Waals surface area contributed by atoms with Crippen molar-refractivity contribution in [2.45, 2.75) is 6.42 Å². The van der Waals surface area contributed by atoms with Crippen LogP contribution in [0.3, 0.4) is 0 Å². The minimum atomic E-state index is -1.01. The summed E-state index contributed by atoms with van der Waals surface area (Å²) in [4.78, 5) is 18.7. The molecule has 2 rings (SSSR count). The van der Waals surface area contributed by atoms with Gasteiger partial charge in [-0.15, -0.1) is 0 Å². The molecule has 0 radical (unpaired) electrons. The summed E-state index contributed by atoms with van der Waals surface area (Å²) in [6, 6.07) is 7.83. The first kappa shape index (κ1) is 11.7. The Hall–Kier alpha value is -1.75. The molecule has 0 fully saturated rings. The van der Waals surface area contributed by atoms with Crippen LogP contribution in [0.4, 0.5) is 0 Å². The number of aromatic carboxylic acids is 1. The maximum absolute atomic E-state index is 10.6. The standard InChI is InChI=1S/C12H9BrN2O2/c13-10-3-1-2-8(4-10)5-11-14-6-9(7-15-11)12(16)17/h1-4,6-7H,5H2,(H,16,17). The highest BCUT2D eigenvalue weighted by atomic mass is 79.9. The van der Waals surface area contributed by atoms with Crippen molar-refractivity contribution in [1.82, 2.24) is 9.97 Å². The molecule has 0 aliphatic carbocycles. The van der Waals surface area contributed by atoms with E-state index >= 15 is 0 Å². The first-order valence-corrected chi connectivity index (χ1v) is 5.73. The lowest BCUT2D eigenvalue weighted by Gasteiger charge is -2.01. The van der Waals surface area contributed by atoms with Crippen LogP contribution in [0, 0.1) is 0 Å². The van der Waals surface area contributed by atoms with Gasteiger partial charge in [0.25, 0.3) is 0 Å². The number of hydrogen-bond donors (Lipinski definition) is 1. The number of aromatic nitrogens is 2. The highest BCUT2D eigenvalue weighted by Crippen LogP contribution is 2.13. The zero-order valence-corrected chi connectivity index (χ0v) is 10.4. The zero-order valence-electron chi connectivity index (χ0n) is 8.80. The van der Waals surface area contributed by atoms with E-state index in [9.17, 15) is 4.79 Å². The summed E-state index contributed by atoms with van der Waals surface area (Å²) in [6.45, 7) is 0. The summed E-state index contributed by atoms with van der Waals surface area (Å²) in [5, 5.41) is 8.72. The molecule has 2 aromatic rings. The van der Waals surface area contributed by atoms with E-state index < -0.39 is 5.97 Å². The minimum absolute atomic E-state index is 0.1000. The van der Waals surface area contributed by atoms with Crippen molar-refractivity contribution < 1.29 is 9.90 Å². The van der Waals surface area contributed by atoms with Crippen LogP contribution in [0.1, 0.15) is 21.7 Å². The lowest BCUT2D eigenvalue weighted by Crippen LogP contribution is -2.02. The maximum Gasteiger partial charge on any atom is 0.338 e. The van der Waals surface area contributed by atoms with Gasteiger partial charge in [0.05, 0.1) is 5.56 Å². The largest absolute Gasteiger partial charge is 0.478 e. The summed E-state index contributed by atoms with van der Waals surface area (Å²) >= 11 is 3.39. The molecule has 0 bridgehead atoms. The predicted octanol–water partition coefficient (Wildman–Crippen LogP) is 2.53. The third-order valence-electron chi connectivity index (χ3n) is 2.20. The fourth-order valence-electron chi connectivity index (χ4n) is 1.39. The van der Waals surface area contributed by atoms with E-state index in [-0.39, 0.29) is 5.56 Å². The molecule has 86 valence electrons. The van der Waals surface area contributed by atoms with E-state index in [2.05, 4.69) is 25.9 Å². The molecular formula is C12H9BrN2O2. The predicted molar refractivity (Wildman–Crippen MR) is 65.9 cm³/mol. The summed E-state index contributed by atoms with van der Waals surface area (Å²) in [6.07, 6.45) is 3.23. The molecule has 1 aromatic heterocycles. The second-order valence-corrected chi connectivity index (χ2v) is 4.42. The van der Waals surface area contributed by atoms with Crippen LogP contribution in [-0.2, 0) is 6.42 Å². The average Bonchev–Trinajstić information content (AvgIpc) is 2.29. The van der Waals surface area contributed by atoms with E-state index in [0.717, 1.165) is 10.0 Å². The number of rotatable bonds is 3. The molecule has 17 heavy (non-hydrogen) atoms. The Labute approximate surface area is 106 Å². The Morgan fingerprint density at radius 3 is 2.59 bits per heavy atom. The fourth-order valence-corrected chi connectivity index (χ4v) is 1.83. The number of nitrogens with zero attached hydrogens (tertiary/aromatic N) is 2. The van der Waals surface area contributed by atoms with Gasteiger partial charge in [-0.25, -0.2) is 14.8 Å². The highest BCUT2D eigenvalue weighted by Gasteiger charge is 2.05. The van der Waals surface area contributed by atoms with Crippen molar-refractivity contribution in [3.8, 4) is 0 Å². The molecule has 4 nitrogen and oxygen atoms in total. The van der Waals surface area contributed by atoms with Crippen LogP contribution in [0.15, 0.2) is 41.1 Å². The maximum atomic E-state index is 10.6. The molecule has 0 aliphatic heterocycles. The van der Waals surface area contributed by atoms with Crippen LogP contribution in [-0.4, -0.2) is 21.0 Å². The van der Waals surface area contributed by atoms with Crippen LogP contribution < -0.4 is 0 Å². The van der Waals surface area contributed by atoms with Crippen molar-refractivity contribution in [2.75, 3.05) is 0 Å². The topological polar surface area (TPSA) is 63.1 Å². The Bertz CT molecular complexity index is 540. The van der Waals surface area contributed by atoms with Gasteiger partial charge in [0.2, 0.25) is 0 Å². The van der Waals surface area contributed by atoms with E-state index in [4.69, 9.17) is 5.11 Å². The van der Waals surface area contributed by atoms with Crippen LogP contribution in [0.5, 0.6) is 0 Å². The molecule has 0 unspecified atom stereocenters. The Morgan fingerprint density at radius 2 is 2.00 bits per heavy atom. The summed E-state index contributed by atoms with van der Waals surface area (Å²) < 4.78 is 0.997. The number of hydrogen-bond acceptors (Lipinski definition) is 3.